The van der Waals surface area contributed by atoms with Gasteiger partial charge in [-0.1, -0.05) is 33.3 Å². The van der Waals surface area contributed by atoms with Crippen molar-refractivity contribution in [2.24, 2.45) is 5.41 Å². The van der Waals surface area contributed by atoms with E-state index in [4.69, 9.17) is 18.9 Å². The lowest BCUT2D eigenvalue weighted by Gasteiger charge is -2.51. The van der Waals surface area contributed by atoms with E-state index in [1.807, 2.05) is 0 Å². The van der Waals surface area contributed by atoms with Crippen molar-refractivity contribution in [3.63, 3.8) is 0 Å². The number of aliphatic hydroxyl groups is 1. The minimum absolute atomic E-state index is 0.00252. The third-order valence-corrected chi connectivity index (χ3v) is 15.6. The Hall–Kier alpha value is -2.11. The zero-order valence-electron chi connectivity index (χ0n) is 27.2. The molecule has 246 valence electrons. The Labute approximate surface area is 265 Å². The summed E-state index contributed by atoms with van der Waals surface area (Å²) in [5, 5.41) is 12.2. The lowest BCUT2D eigenvalue weighted by Crippen LogP contribution is -2.46. The number of hydrogen-bond donors (Lipinski definition) is 1. The highest BCUT2D eigenvalue weighted by Gasteiger charge is 2.50. The molecule has 2 fully saturated rings. The fourth-order valence-electron chi connectivity index (χ4n) is 7.32. The Morgan fingerprint density at radius 1 is 1.07 bits per heavy atom. The molecule has 2 aliphatic carbocycles. The molecule has 2 aliphatic heterocycles. The van der Waals surface area contributed by atoms with Crippen LogP contribution in [0.4, 0.5) is 13.2 Å². The van der Waals surface area contributed by atoms with E-state index in [0.717, 1.165) is 78.9 Å². The minimum Gasteiger partial charge on any atom is -0.410 e. The molecule has 45 heavy (non-hydrogen) atoms. The fourth-order valence-corrected chi connectivity index (χ4v) is 8.59. The van der Waals surface area contributed by atoms with Crippen LogP contribution in [0.2, 0.25) is 18.1 Å². The number of rotatable bonds is 6. The van der Waals surface area contributed by atoms with Gasteiger partial charge in [0.2, 0.25) is 0 Å². The third kappa shape index (κ3) is 6.42. The molecule has 1 saturated carbocycles. The van der Waals surface area contributed by atoms with Crippen molar-refractivity contribution in [3.8, 4) is 0 Å². The van der Waals surface area contributed by atoms with Crippen molar-refractivity contribution >= 4 is 13.9 Å². The molecule has 2 aromatic rings. The molecule has 2 unspecified atom stereocenters. The van der Waals surface area contributed by atoms with Crippen LogP contribution < -0.4 is 0 Å². The summed E-state index contributed by atoms with van der Waals surface area (Å²) in [5.74, 6) is 0.0568. The number of alkyl halides is 3. The standard InChI is InChI=1S/C35H47F3N2O4Si/c1-33(2,3)45(4,5)44-27-20-34(13-6-14-34)19-26-29(27)28(22-9-15-42-16-10-22)30(31(40-26)23-11-17-43-18-12-23)32(41)25-8-7-24(21-39-25)35(36,37)38/h7-9,21,23,27,32,41H,6,10-20H2,1-5H3. The Kier molecular flexibility index (Phi) is 8.87. The molecule has 1 saturated heterocycles. The SMILES string of the molecule is CC(C)(C)[Si](C)(C)OC1CC2(CCC2)Cc2nc(C3CCOCC3)c(C(O)c3ccc(C(F)(F)F)cn3)c(C3=CCOCC3)c21. The number of halogens is 3. The van der Waals surface area contributed by atoms with E-state index in [1.165, 1.54) is 12.5 Å². The summed E-state index contributed by atoms with van der Waals surface area (Å²) in [4.78, 5) is 9.64. The lowest BCUT2D eigenvalue weighted by atomic mass is 9.59. The lowest BCUT2D eigenvalue weighted by molar-refractivity contribution is -0.137. The van der Waals surface area contributed by atoms with Crippen LogP contribution in [0.1, 0.15) is 123 Å². The molecular weight excluding hydrogens is 597 g/mol. The normalized spacial score (nSPS) is 23.3. The van der Waals surface area contributed by atoms with Crippen molar-refractivity contribution in [2.75, 3.05) is 26.4 Å². The van der Waals surface area contributed by atoms with Crippen molar-refractivity contribution < 1.29 is 32.2 Å². The molecule has 6 nitrogen and oxygen atoms in total. The van der Waals surface area contributed by atoms with Gasteiger partial charge in [0.1, 0.15) is 6.10 Å². The van der Waals surface area contributed by atoms with Gasteiger partial charge in [0.05, 0.1) is 36.3 Å². The number of aromatic nitrogens is 2. The Balaban J connectivity index is 1.59. The van der Waals surface area contributed by atoms with Crippen LogP contribution in [-0.2, 0) is 26.5 Å². The van der Waals surface area contributed by atoms with Crippen molar-refractivity contribution in [1.82, 2.24) is 9.97 Å². The second kappa shape index (κ2) is 12.2. The van der Waals surface area contributed by atoms with Crippen molar-refractivity contribution in [1.29, 1.82) is 0 Å². The van der Waals surface area contributed by atoms with E-state index < -0.39 is 26.2 Å². The molecule has 6 rings (SSSR count). The average Bonchev–Trinajstić information content (AvgIpc) is 2.98. The first-order chi connectivity index (χ1) is 21.2. The summed E-state index contributed by atoms with van der Waals surface area (Å²) in [7, 11) is -2.23. The van der Waals surface area contributed by atoms with Gasteiger partial charge in [-0.3, -0.25) is 9.97 Å². The van der Waals surface area contributed by atoms with Gasteiger partial charge in [0.25, 0.3) is 0 Å². The largest absolute Gasteiger partial charge is 0.417 e. The first-order valence-electron chi connectivity index (χ1n) is 16.5. The highest BCUT2D eigenvalue weighted by molar-refractivity contribution is 6.74. The molecular formula is C35H47F3N2O4Si. The first kappa shape index (κ1) is 32.8. The summed E-state index contributed by atoms with van der Waals surface area (Å²) in [6, 6.07) is 2.30. The molecule has 2 atom stereocenters. The molecule has 0 radical (unpaired) electrons. The van der Waals surface area contributed by atoms with Crippen LogP contribution in [0.15, 0.2) is 24.4 Å². The second-order valence-corrected chi connectivity index (χ2v) is 19.8. The minimum atomic E-state index is -4.51. The molecule has 0 aromatic carbocycles. The molecule has 2 aromatic heterocycles. The van der Waals surface area contributed by atoms with E-state index >= 15 is 0 Å². The Bertz CT molecular complexity index is 1420. The van der Waals surface area contributed by atoms with Crippen molar-refractivity contribution in [2.45, 2.75) is 115 Å². The van der Waals surface area contributed by atoms with E-state index in [-0.39, 0.29) is 28.2 Å². The molecule has 1 spiro atoms. The Morgan fingerprint density at radius 3 is 2.36 bits per heavy atom. The monoisotopic (exact) mass is 644 g/mol. The third-order valence-electron chi connectivity index (χ3n) is 11.1. The number of aliphatic hydroxyl groups excluding tert-OH is 1. The smallest absolute Gasteiger partial charge is 0.410 e. The maximum atomic E-state index is 13.5. The first-order valence-corrected chi connectivity index (χ1v) is 19.4. The highest BCUT2D eigenvalue weighted by atomic mass is 28.4. The van der Waals surface area contributed by atoms with Crippen LogP contribution in [-0.4, -0.2) is 49.8 Å². The van der Waals surface area contributed by atoms with Crippen LogP contribution >= 0.6 is 0 Å². The molecule has 4 aliphatic rings. The van der Waals surface area contributed by atoms with Gasteiger partial charge >= 0.3 is 6.18 Å². The predicted octanol–water partition coefficient (Wildman–Crippen LogP) is 8.45. The summed E-state index contributed by atoms with van der Waals surface area (Å²) in [6.07, 6.45) is 4.47. The summed E-state index contributed by atoms with van der Waals surface area (Å²) in [6.45, 7) is 13.5. The van der Waals surface area contributed by atoms with Gasteiger partial charge in [0.15, 0.2) is 8.32 Å². The van der Waals surface area contributed by atoms with Gasteiger partial charge < -0.3 is 19.0 Å². The van der Waals surface area contributed by atoms with Gasteiger partial charge in [-0.15, -0.1) is 0 Å². The zero-order valence-corrected chi connectivity index (χ0v) is 28.2. The van der Waals surface area contributed by atoms with Gasteiger partial charge in [-0.05, 0) is 91.8 Å². The number of ether oxygens (including phenoxy) is 2. The van der Waals surface area contributed by atoms with Crippen LogP contribution in [0.5, 0.6) is 0 Å². The molecule has 1 N–H and O–H groups in total. The second-order valence-electron chi connectivity index (χ2n) is 15.1. The van der Waals surface area contributed by atoms with Gasteiger partial charge in [-0.2, -0.15) is 13.2 Å². The number of hydrogen-bond acceptors (Lipinski definition) is 6. The molecule has 0 bridgehead atoms. The van der Waals surface area contributed by atoms with E-state index in [0.29, 0.717) is 38.4 Å². The van der Waals surface area contributed by atoms with E-state index in [1.54, 1.807) is 0 Å². The number of fused-ring (bicyclic) bond motifs is 1. The summed E-state index contributed by atoms with van der Waals surface area (Å²) >= 11 is 0. The number of nitrogens with zero attached hydrogens (tertiary/aromatic N) is 2. The molecule has 10 heteroatoms. The molecule has 0 amide bonds. The quantitative estimate of drug-likeness (QED) is 0.318. The van der Waals surface area contributed by atoms with E-state index in [2.05, 4.69) is 44.9 Å². The summed E-state index contributed by atoms with van der Waals surface area (Å²) < 4.78 is 59.1. The topological polar surface area (TPSA) is 73.7 Å². The average molecular weight is 645 g/mol. The van der Waals surface area contributed by atoms with Crippen LogP contribution in [0.25, 0.3) is 5.57 Å². The maximum Gasteiger partial charge on any atom is 0.417 e. The molecule has 4 heterocycles. The van der Waals surface area contributed by atoms with Crippen molar-refractivity contribution in [3.05, 3.63) is 63.7 Å². The van der Waals surface area contributed by atoms with Gasteiger partial charge in [-0.25, -0.2) is 0 Å². The fraction of sp³-hybridized carbons (Fsp3) is 0.657. The highest BCUT2D eigenvalue weighted by Crippen LogP contribution is 2.58. The zero-order chi connectivity index (χ0) is 32.2. The predicted molar refractivity (Wildman–Crippen MR) is 169 cm³/mol. The van der Waals surface area contributed by atoms with E-state index in [9.17, 15) is 18.3 Å². The number of pyridine rings is 2. The Morgan fingerprint density at radius 2 is 1.80 bits per heavy atom. The summed E-state index contributed by atoms with van der Waals surface area (Å²) in [5.41, 5.74) is 5.15. The van der Waals surface area contributed by atoms with Crippen LogP contribution in [0.3, 0.4) is 0 Å². The van der Waals surface area contributed by atoms with Crippen LogP contribution in [0, 0.1) is 5.41 Å². The maximum absolute atomic E-state index is 13.5. The van der Waals surface area contributed by atoms with Gasteiger partial charge in [0, 0.05) is 42.1 Å².